The van der Waals surface area contributed by atoms with Gasteiger partial charge in [0.15, 0.2) is 0 Å². The van der Waals surface area contributed by atoms with Gasteiger partial charge >= 0.3 is 17.9 Å². The lowest BCUT2D eigenvalue weighted by molar-refractivity contribution is -0.148. The average Bonchev–Trinajstić information content (AvgIpc) is 2.60. The van der Waals surface area contributed by atoms with E-state index in [1.165, 1.54) is 6.92 Å². The number of nitrogens with one attached hydrogen (secondary N) is 1. The van der Waals surface area contributed by atoms with Crippen LogP contribution in [0.5, 0.6) is 0 Å². The van der Waals surface area contributed by atoms with Crippen molar-refractivity contribution in [3.8, 4) is 0 Å². The molecule has 1 aliphatic rings. The maximum absolute atomic E-state index is 10.9. The second-order valence-electron chi connectivity index (χ2n) is 4.23. The lowest BCUT2D eigenvalue weighted by Crippen LogP contribution is -2.44. The molecule has 0 amide bonds. The molecule has 1 fully saturated rings. The number of aliphatic carboxylic acids is 2. The van der Waals surface area contributed by atoms with Crippen LogP contribution in [-0.4, -0.2) is 52.4 Å². The van der Waals surface area contributed by atoms with Gasteiger partial charge in [0.25, 0.3) is 0 Å². The molecular weight excluding hydrogens is 315 g/mol. The van der Waals surface area contributed by atoms with Crippen LogP contribution in [0.15, 0.2) is 0 Å². The van der Waals surface area contributed by atoms with E-state index in [1.54, 1.807) is 0 Å². The molecular formula is C10H18Cl2N2O6. The van der Waals surface area contributed by atoms with Gasteiger partial charge in [-0.05, 0) is 6.42 Å². The molecule has 0 aromatic rings. The van der Waals surface area contributed by atoms with Crippen molar-refractivity contribution < 1.29 is 29.3 Å². The molecule has 118 valence electrons. The number of hydrogen-bond acceptors (Lipinski definition) is 6. The second-order valence-corrected chi connectivity index (χ2v) is 4.23. The number of carbonyl (C=O) groups excluding carboxylic acids is 1. The number of rotatable bonds is 5. The van der Waals surface area contributed by atoms with E-state index < -0.39 is 42.1 Å². The van der Waals surface area contributed by atoms with E-state index >= 15 is 0 Å². The number of esters is 1. The van der Waals surface area contributed by atoms with Crippen LogP contribution in [0.25, 0.3) is 0 Å². The van der Waals surface area contributed by atoms with Gasteiger partial charge in [0.1, 0.15) is 18.2 Å². The molecule has 0 spiro atoms. The topological polar surface area (TPSA) is 139 Å². The summed E-state index contributed by atoms with van der Waals surface area (Å²) in [5, 5.41) is 20.3. The van der Waals surface area contributed by atoms with E-state index in [-0.39, 0.29) is 37.7 Å². The normalized spacial score (nSPS) is 25.8. The van der Waals surface area contributed by atoms with Crippen LogP contribution >= 0.6 is 24.8 Å². The van der Waals surface area contributed by atoms with E-state index in [2.05, 4.69) is 5.32 Å². The van der Waals surface area contributed by atoms with Crippen molar-refractivity contribution in [2.45, 2.75) is 44.0 Å². The Morgan fingerprint density at radius 3 is 2.30 bits per heavy atom. The minimum Gasteiger partial charge on any atom is -0.480 e. The quantitative estimate of drug-likeness (QED) is 0.488. The van der Waals surface area contributed by atoms with Crippen molar-refractivity contribution in [3.63, 3.8) is 0 Å². The van der Waals surface area contributed by atoms with Crippen LogP contribution < -0.4 is 11.1 Å². The maximum atomic E-state index is 10.9. The van der Waals surface area contributed by atoms with Gasteiger partial charge in [-0.15, -0.1) is 24.8 Å². The van der Waals surface area contributed by atoms with Crippen molar-refractivity contribution >= 4 is 42.7 Å². The van der Waals surface area contributed by atoms with Crippen molar-refractivity contribution in [1.82, 2.24) is 5.32 Å². The molecule has 8 nitrogen and oxygen atoms in total. The number of carboxylic acids is 2. The summed E-state index contributed by atoms with van der Waals surface area (Å²) < 4.78 is 4.97. The lowest BCUT2D eigenvalue weighted by atomic mass is 10.0. The Labute approximate surface area is 127 Å². The lowest BCUT2D eigenvalue weighted by Gasteiger charge is -2.20. The van der Waals surface area contributed by atoms with Crippen LogP contribution in [0.3, 0.4) is 0 Å². The van der Waals surface area contributed by atoms with Crippen LogP contribution in [-0.2, 0) is 19.1 Å². The third-order valence-electron chi connectivity index (χ3n) is 2.77. The zero-order valence-corrected chi connectivity index (χ0v) is 12.3. The average molecular weight is 333 g/mol. The standard InChI is InChI=1S/C10H16N2O6.2ClH/c1-4(13)18-8-3-7(10(16)17)12-6(8)2-5(11)9(14)15;;/h5-8,12H,2-3,11H2,1H3,(H,14,15)(H,16,17);2*1H/t5-,6-,7-,8+;;/m0../s1. The highest BCUT2D eigenvalue weighted by Gasteiger charge is 2.40. The molecule has 0 aromatic carbocycles. The molecule has 0 aromatic heterocycles. The molecule has 10 heteroatoms. The number of nitrogens with two attached hydrogens (primary N) is 1. The first kappa shape index (κ1) is 21.2. The van der Waals surface area contributed by atoms with Gasteiger partial charge in [0, 0.05) is 19.4 Å². The number of carbonyl (C=O) groups is 3. The van der Waals surface area contributed by atoms with Crippen molar-refractivity contribution in [2.24, 2.45) is 5.73 Å². The van der Waals surface area contributed by atoms with Gasteiger partial charge in [0.2, 0.25) is 0 Å². The number of hydrogen-bond donors (Lipinski definition) is 4. The second kappa shape index (κ2) is 8.96. The summed E-state index contributed by atoms with van der Waals surface area (Å²) in [4.78, 5) is 32.4. The first-order valence-corrected chi connectivity index (χ1v) is 5.45. The van der Waals surface area contributed by atoms with Gasteiger partial charge in [-0.25, -0.2) is 0 Å². The molecule has 0 unspecified atom stereocenters. The minimum absolute atomic E-state index is 0. The third kappa shape index (κ3) is 5.91. The molecule has 0 aliphatic carbocycles. The van der Waals surface area contributed by atoms with E-state index in [0.29, 0.717) is 0 Å². The molecule has 1 heterocycles. The largest absolute Gasteiger partial charge is 0.480 e. The Bertz CT molecular complexity index is 368. The predicted molar refractivity (Wildman–Crippen MR) is 73.2 cm³/mol. The van der Waals surface area contributed by atoms with Gasteiger partial charge in [0.05, 0.1) is 0 Å². The SMILES string of the molecule is CC(=O)O[C@@H]1C[C@@H](C(=O)O)N[C@H]1C[C@H](N)C(=O)O.Cl.Cl. The van der Waals surface area contributed by atoms with Gasteiger partial charge in [-0.3, -0.25) is 19.7 Å². The molecule has 20 heavy (non-hydrogen) atoms. The number of carboxylic acid groups (broad SMARTS) is 2. The van der Waals surface area contributed by atoms with Crippen LogP contribution in [0.4, 0.5) is 0 Å². The third-order valence-corrected chi connectivity index (χ3v) is 2.77. The summed E-state index contributed by atoms with van der Waals surface area (Å²) in [7, 11) is 0. The van der Waals surface area contributed by atoms with Crippen molar-refractivity contribution in [3.05, 3.63) is 0 Å². The molecule has 0 saturated carbocycles. The van der Waals surface area contributed by atoms with Crippen LogP contribution in [0.2, 0.25) is 0 Å². The molecule has 1 rings (SSSR count). The molecule has 1 aliphatic heterocycles. The van der Waals surface area contributed by atoms with E-state index in [9.17, 15) is 14.4 Å². The Morgan fingerprint density at radius 1 is 1.35 bits per heavy atom. The fourth-order valence-corrected chi connectivity index (χ4v) is 1.94. The molecule has 1 saturated heterocycles. The maximum Gasteiger partial charge on any atom is 0.320 e. The summed E-state index contributed by atoms with van der Waals surface area (Å²) in [6.07, 6.45) is -0.572. The number of halogens is 2. The summed E-state index contributed by atoms with van der Waals surface area (Å²) in [5.74, 6) is -2.79. The van der Waals surface area contributed by atoms with E-state index in [1.807, 2.05) is 0 Å². The van der Waals surface area contributed by atoms with Gasteiger partial charge < -0.3 is 20.7 Å². The molecule has 5 N–H and O–H groups in total. The number of ether oxygens (including phenoxy) is 1. The first-order chi connectivity index (χ1) is 8.31. The highest BCUT2D eigenvalue weighted by Crippen LogP contribution is 2.20. The molecule has 0 bridgehead atoms. The summed E-state index contributed by atoms with van der Waals surface area (Å²) in [5.41, 5.74) is 5.38. The van der Waals surface area contributed by atoms with Crippen LogP contribution in [0, 0.1) is 0 Å². The highest BCUT2D eigenvalue weighted by atomic mass is 35.5. The Balaban J connectivity index is 0. The molecule has 0 radical (unpaired) electrons. The predicted octanol–water partition coefficient (Wildman–Crippen LogP) is -0.621. The fourth-order valence-electron chi connectivity index (χ4n) is 1.94. The van der Waals surface area contributed by atoms with Gasteiger partial charge in [-0.1, -0.05) is 0 Å². The summed E-state index contributed by atoms with van der Waals surface area (Å²) in [6.45, 7) is 1.21. The van der Waals surface area contributed by atoms with Gasteiger partial charge in [-0.2, -0.15) is 0 Å². The fraction of sp³-hybridized carbons (Fsp3) is 0.700. The van der Waals surface area contributed by atoms with E-state index in [4.69, 9.17) is 20.7 Å². The Kier molecular flexibility index (Phi) is 9.50. The monoisotopic (exact) mass is 332 g/mol. The zero-order valence-electron chi connectivity index (χ0n) is 10.6. The Morgan fingerprint density at radius 2 is 1.90 bits per heavy atom. The van der Waals surface area contributed by atoms with Crippen molar-refractivity contribution in [1.29, 1.82) is 0 Å². The first-order valence-electron chi connectivity index (χ1n) is 5.45. The van der Waals surface area contributed by atoms with E-state index in [0.717, 1.165) is 0 Å². The van der Waals surface area contributed by atoms with Crippen LogP contribution in [0.1, 0.15) is 19.8 Å². The highest BCUT2D eigenvalue weighted by molar-refractivity contribution is 5.85. The van der Waals surface area contributed by atoms with Crippen molar-refractivity contribution in [2.75, 3.05) is 0 Å². The Hall–Kier alpha value is -1.09. The summed E-state index contributed by atoms with van der Waals surface area (Å²) >= 11 is 0. The smallest absolute Gasteiger partial charge is 0.320 e. The minimum atomic E-state index is -1.18. The zero-order chi connectivity index (χ0) is 13.9. The summed E-state index contributed by atoms with van der Waals surface area (Å²) in [6, 6.07) is -2.56. The molecule has 4 atom stereocenters.